The quantitative estimate of drug-likeness (QED) is 0.746. The number of aromatic nitrogens is 2. The zero-order valence-corrected chi connectivity index (χ0v) is 12.8. The minimum absolute atomic E-state index is 0.0314. The maximum Gasteiger partial charge on any atom is 0.134 e. The molecule has 3 N–H and O–H groups in total. The van der Waals surface area contributed by atoms with Crippen LogP contribution in [0.3, 0.4) is 0 Å². The molecule has 1 heterocycles. The molecule has 0 bridgehead atoms. The molecule has 0 aromatic carbocycles. The molecule has 1 aliphatic carbocycles. The summed E-state index contributed by atoms with van der Waals surface area (Å²) in [5.41, 5.74) is 1.08. The Morgan fingerprint density at radius 2 is 1.70 bits per heavy atom. The Morgan fingerprint density at radius 1 is 1.10 bits per heavy atom. The van der Waals surface area contributed by atoms with Gasteiger partial charge in [0.25, 0.3) is 0 Å². The van der Waals surface area contributed by atoms with E-state index < -0.39 is 0 Å². The second kappa shape index (κ2) is 6.39. The Bertz CT molecular complexity index is 455. The molecule has 0 unspecified atom stereocenters. The summed E-state index contributed by atoms with van der Waals surface area (Å²) in [5.74, 6) is 2.54. The Hall–Kier alpha value is -1.36. The van der Waals surface area contributed by atoms with Crippen LogP contribution in [-0.4, -0.2) is 34.8 Å². The molecular weight excluding hydrogens is 252 g/mol. The molecule has 5 heteroatoms. The molecule has 0 radical (unpaired) electrons. The van der Waals surface area contributed by atoms with Gasteiger partial charge in [-0.1, -0.05) is 12.8 Å². The number of hydrogen-bond acceptors (Lipinski definition) is 5. The maximum atomic E-state index is 9.67. The van der Waals surface area contributed by atoms with E-state index in [1.54, 1.807) is 0 Å². The average Bonchev–Trinajstić information content (AvgIpc) is 2.90. The smallest absolute Gasteiger partial charge is 0.134 e. The summed E-state index contributed by atoms with van der Waals surface area (Å²) in [6.07, 6.45) is 4.62. The van der Waals surface area contributed by atoms with Gasteiger partial charge in [-0.2, -0.15) is 0 Å². The molecule has 0 spiro atoms. The van der Waals surface area contributed by atoms with E-state index in [2.05, 4.69) is 27.5 Å². The first kappa shape index (κ1) is 15.0. The Kier molecular flexibility index (Phi) is 4.81. The minimum Gasteiger partial charge on any atom is -0.396 e. The van der Waals surface area contributed by atoms with Crippen molar-refractivity contribution in [2.24, 2.45) is 5.41 Å². The summed E-state index contributed by atoms with van der Waals surface area (Å²) < 4.78 is 0. The summed E-state index contributed by atoms with van der Waals surface area (Å²) in [6.45, 7) is 7.87. The number of aryl methyl sites for hydroxylation is 1. The van der Waals surface area contributed by atoms with Gasteiger partial charge in [0.15, 0.2) is 0 Å². The second-order valence-corrected chi connectivity index (χ2v) is 5.84. The average molecular weight is 278 g/mol. The molecule has 112 valence electrons. The van der Waals surface area contributed by atoms with E-state index in [9.17, 15) is 5.11 Å². The number of aliphatic hydroxyl groups is 1. The van der Waals surface area contributed by atoms with E-state index in [1.165, 1.54) is 12.8 Å². The van der Waals surface area contributed by atoms with Gasteiger partial charge in [0, 0.05) is 24.1 Å². The lowest BCUT2D eigenvalue weighted by Crippen LogP contribution is -2.31. The number of rotatable bonds is 6. The van der Waals surface area contributed by atoms with Crippen LogP contribution in [0, 0.1) is 19.3 Å². The third-order valence-corrected chi connectivity index (χ3v) is 4.23. The fourth-order valence-corrected chi connectivity index (χ4v) is 2.93. The number of aliphatic hydroxyl groups excluding tert-OH is 1. The normalized spacial score (nSPS) is 17.2. The molecule has 1 saturated carbocycles. The highest BCUT2D eigenvalue weighted by atomic mass is 16.3. The van der Waals surface area contributed by atoms with E-state index in [0.717, 1.165) is 49.0 Å². The maximum absolute atomic E-state index is 9.67. The van der Waals surface area contributed by atoms with Crippen molar-refractivity contribution < 1.29 is 5.11 Å². The Balaban J connectivity index is 2.12. The molecule has 0 aliphatic heterocycles. The highest BCUT2D eigenvalue weighted by molar-refractivity contribution is 5.57. The number of nitrogens with one attached hydrogen (secondary N) is 2. The van der Waals surface area contributed by atoms with Crippen LogP contribution >= 0.6 is 0 Å². The van der Waals surface area contributed by atoms with Gasteiger partial charge in [0.1, 0.15) is 17.5 Å². The summed E-state index contributed by atoms with van der Waals surface area (Å²) in [5, 5.41) is 16.4. The van der Waals surface area contributed by atoms with Gasteiger partial charge in [-0.05, 0) is 33.6 Å². The van der Waals surface area contributed by atoms with E-state index in [-0.39, 0.29) is 12.0 Å². The predicted octanol–water partition coefficient (Wildman–Crippen LogP) is 2.49. The molecule has 1 aromatic heterocycles. The monoisotopic (exact) mass is 278 g/mol. The largest absolute Gasteiger partial charge is 0.396 e. The van der Waals surface area contributed by atoms with Crippen molar-refractivity contribution in [3.63, 3.8) is 0 Å². The summed E-state index contributed by atoms with van der Waals surface area (Å²) >= 11 is 0. The fraction of sp³-hybridized carbons (Fsp3) is 0.733. The minimum atomic E-state index is 0.0314. The molecule has 1 aliphatic rings. The van der Waals surface area contributed by atoms with Crippen LogP contribution in [0.25, 0.3) is 0 Å². The third kappa shape index (κ3) is 3.20. The van der Waals surface area contributed by atoms with Gasteiger partial charge in [-0.25, -0.2) is 9.97 Å². The van der Waals surface area contributed by atoms with Crippen molar-refractivity contribution in [3.8, 4) is 0 Å². The van der Waals surface area contributed by atoms with Crippen LogP contribution in [0.15, 0.2) is 0 Å². The molecule has 20 heavy (non-hydrogen) atoms. The first-order chi connectivity index (χ1) is 9.60. The van der Waals surface area contributed by atoms with Crippen LogP contribution in [0.1, 0.15) is 44.0 Å². The van der Waals surface area contributed by atoms with Gasteiger partial charge >= 0.3 is 0 Å². The Morgan fingerprint density at radius 3 is 2.25 bits per heavy atom. The van der Waals surface area contributed by atoms with Gasteiger partial charge in [0.2, 0.25) is 0 Å². The second-order valence-electron chi connectivity index (χ2n) is 5.84. The first-order valence-corrected chi connectivity index (χ1v) is 7.54. The van der Waals surface area contributed by atoms with Gasteiger partial charge < -0.3 is 15.7 Å². The molecule has 0 saturated heterocycles. The molecular formula is C15H26N4O. The van der Waals surface area contributed by atoms with Gasteiger partial charge in [-0.15, -0.1) is 0 Å². The zero-order chi connectivity index (χ0) is 14.6. The van der Waals surface area contributed by atoms with Crippen molar-refractivity contribution in [1.29, 1.82) is 0 Å². The van der Waals surface area contributed by atoms with Crippen molar-refractivity contribution >= 4 is 11.6 Å². The predicted molar refractivity (Wildman–Crippen MR) is 82.1 cm³/mol. The van der Waals surface area contributed by atoms with Crippen molar-refractivity contribution in [1.82, 2.24) is 9.97 Å². The van der Waals surface area contributed by atoms with Crippen molar-refractivity contribution in [2.75, 3.05) is 30.3 Å². The molecule has 1 fully saturated rings. The molecule has 1 aromatic rings. The molecule has 0 atom stereocenters. The molecule has 2 rings (SSSR count). The van der Waals surface area contributed by atoms with E-state index >= 15 is 0 Å². The highest BCUT2D eigenvalue weighted by Gasteiger charge is 2.33. The highest BCUT2D eigenvalue weighted by Crippen LogP contribution is 2.37. The van der Waals surface area contributed by atoms with E-state index in [0.29, 0.717) is 0 Å². The van der Waals surface area contributed by atoms with Gasteiger partial charge in [0.05, 0.1) is 6.61 Å². The fourth-order valence-electron chi connectivity index (χ4n) is 2.93. The molecule has 0 amide bonds. The van der Waals surface area contributed by atoms with Crippen LogP contribution in [0.5, 0.6) is 0 Å². The van der Waals surface area contributed by atoms with Crippen LogP contribution < -0.4 is 10.6 Å². The number of anilines is 2. The van der Waals surface area contributed by atoms with Crippen LogP contribution in [-0.2, 0) is 0 Å². The summed E-state index contributed by atoms with van der Waals surface area (Å²) in [6, 6.07) is 0. The lowest BCUT2D eigenvalue weighted by molar-refractivity contribution is 0.142. The molecule has 5 nitrogen and oxygen atoms in total. The number of nitrogens with zero attached hydrogens (tertiary/aromatic N) is 2. The van der Waals surface area contributed by atoms with E-state index in [4.69, 9.17) is 0 Å². The summed E-state index contributed by atoms with van der Waals surface area (Å²) in [7, 11) is 0. The topological polar surface area (TPSA) is 70.1 Å². The Labute approximate surface area is 121 Å². The zero-order valence-electron chi connectivity index (χ0n) is 12.8. The van der Waals surface area contributed by atoms with E-state index in [1.807, 2.05) is 13.8 Å². The lowest BCUT2D eigenvalue weighted by atomic mass is 9.87. The van der Waals surface area contributed by atoms with Crippen molar-refractivity contribution in [3.05, 3.63) is 11.4 Å². The standard InChI is InChI=1S/C15H26N4O/c1-4-16-13-11(2)14(19-12(3)18-13)17-9-15(10-20)7-5-6-8-15/h20H,4-10H2,1-3H3,(H2,16,17,18,19). The summed E-state index contributed by atoms with van der Waals surface area (Å²) in [4.78, 5) is 8.93. The lowest BCUT2D eigenvalue weighted by Gasteiger charge is -2.27. The first-order valence-electron chi connectivity index (χ1n) is 7.54. The van der Waals surface area contributed by atoms with Crippen LogP contribution in [0.2, 0.25) is 0 Å². The van der Waals surface area contributed by atoms with Crippen LogP contribution in [0.4, 0.5) is 11.6 Å². The van der Waals surface area contributed by atoms with Gasteiger partial charge in [-0.3, -0.25) is 0 Å². The van der Waals surface area contributed by atoms with Crippen molar-refractivity contribution in [2.45, 2.75) is 46.5 Å². The third-order valence-electron chi connectivity index (χ3n) is 4.23. The number of hydrogen-bond donors (Lipinski definition) is 3. The SMILES string of the molecule is CCNc1nc(C)nc(NCC2(CO)CCCC2)c1C.